The Morgan fingerprint density at radius 3 is 2.45 bits per heavy atom. The van der Waals surface area contributed by atoms with E-state index in [1.807, 2.05) is 54.6 Å². The van der Waals surface area contributed by atoms with Crippen LogP contribution in [0.4, 0.5) is 0 Å². The number of carbonyl (C=O) groups is 1. The van der Waals surface area contributed by atoms with Crippen LogP contribution in [-0.2, 0) is 13.1 Å². The van der Waals surface area contributed by atoms with Crippen LogP contribution in [-0.4, -0.2) is 29.2 Å². The smallest absolute Gasteiger partial charge is 0.255 e. The summed E-state index contributed by atoms with van der Waals surface area (Å²) >= 11 is 0. The molecule has 0 bridgehead atoms. The Bertz CT molecular complexity index is 1250. The standard InChI is InChI=1S/C27H29N3O3/c1-19(2)20-10-4-9-15-25(20)33-17-16-30-23-13-7-6-12-22(23)29-26(30)18-28-27(31)21-11-5-8-14-24(21)32-3/h4-15,19H,16-18H2,1-3H3,(H,28,31). The zero-order valence-corrected chi connectivity index (χ0v) is 19.2. The summed E-state index contributed by atoms with van der Waals surface area (Å²) in [6.45, 7) is 5.74. The second-order valence-electron chi connectivity index (χ2n) is 8.09. The quantitative estimate of drug-likeness (QED) is 0.387. The van der Waals surface area contributed by atoms with Crippen molar-refractivity contribution in [2.75, 3.05) is 13.7 Å². The lowest BCUT2D eigenvalue weighted by molar-refractivity contribution is 0.0946. The van der Waals surface area contributed by atoms with E-state index in [0.29, 0.717) is 36.9 Å². The van der Waals surface area contributed by atoms with E-state index in [2.05, 4.69) is 29.8 Å². The largest absolute Gasteiger partial charge is 0.496 e. The van der Waals surface area contributed by atoms with Gasteiger partial charge in [0.05, 0.1) is 36.8 Å². The fourth-order valence-electron chi connectivity index (χ4n) is 3.93. The number of rotatable bonds is 9. The molecule has 1 N–H and O–H groups in total. The molecule has 3 aromatic carbocycles. The predicted octanol–water partition coefficient (Wildman–Crippen LogP) is 5.18. The molecule has 6 heteroatoms. The Balaban J connectivity index is 1.51. The van der Waals surface area contributed by atoms with Crippen molar-refractivity contribution in [3.63, 3.8) is 0 Å². The monoisotopic (exact) mass is 443 g/mol. The van der Waals surface area contributed by atoms with Gasteiger partial charge in [0.2, 0.25) is 0 Å². The van der Waals surface area contributed by atoms with E-state index in [1.54, 1.807) is 19.2 Å². The number of imidazole rings is 1. The van der Waals surface area contributed by atoms with Crippen molar-refractivity contribution in [1.29, 1.82) is 0 Å². The topological polar surface area (TPSA) is 65.4 Å². The van der Waals surface area contributed by atoms with Gasteiger partial charge in [0.15, 0.2) is 0 Å². The molecule has 1 aromatic heterocycles. The van der Waals surface area contributed by atoms with E-state index >= 15 is 0 Å². The minimum Gasteiger partial charge on any atom is -0.496 e. The van der Waals surface area contributed by atoms with Crippen LogP contribution in [0.25, 0.3) is 11.0 Å². The summed E-state index contributed by atoms with van der Waals surface area (Å²) in [5, 5.41) is 2.98. The van der Waals surface area contributed by atoms with E-state index in [0.717, 1.165) is 22.6 Å². The number of carbonyl (C=O) groups excluding carboxylic acids is 1. The van der Waals surface area contributed by atoms with Crippen LogP contribution in [0.3, 0.4) is 0 Å². The van der Waals surface area contributed by atoms with Gasteiger partial charge in [0.1, 0.15) is 23.9 Å². The fourth-order valence-corrected chi connectivity index (χ4v) is 3.93. The number of nitrogens with one attached hydrogen (secondary N) is 1. The van der Waals surface area contributed by atoms with Crippen molar-refractivity contribution >= 4 is 16.9 Å². The van der Waals surface area contributed by atoms with Gasteiger partial charge < -0.3 is 19.4 Å². The third kappa shape index (κ3) is 5.00. The molecule has 4 aromatic rings. The molecule has 1 amide bonds. The highest BCUT2D eigenvalue weighted by molar-refractivity contribution is 5.96. The van der Waals surface area contributed by atoms with Crippen LogP contribution in [0, 0.1) is 0 Å². The van der Waals surface area contributed by atoms with Crippen LogP contribution in [0.5, 0.6) is 11.5 Å². The lowest BCUT2D eigenvalue weighted by atomic mass is 10.0. The van der Waals surface area contributed by atoms with Crippen molar-refractivity contribution in [1.82, 2.24) is 14.9 Å². The molecule has 6 nitrogen and oxygen atoms in total. The highest BCUT2D eigenvalue weighted by atomic mass is 16.5. The molecule has 170 valence electrons. The van der Waals surface area contributed by atoms with Gasteiger partial charge in [-0.05, 0) is 41.8 Å². The Hall–Kier alpha value is -3.80. The number of hydrogen-bond donors (Lipinski definition) is 1. The molecule has 0 saturated carbocycles. The number of benzene rings is 3. The Morgan fingerprint density at radius 2 is 1.67 bits per heavy atom. The lowest BCUT2D eigenvalue weighted by Crippen LogP contribution is -2.25. The van der Waals surface area contributed by atoms with Crippen LogP contribution in [0.15, 0.2) is 72.8 Å². The molecular weight excluding hydrogens is 414 g/mol. The summed E-state index contributed by atoms with van der Waals surface area (Å²) in [6, 6.07) is 23.3. The third-order valence-electron chi connectivity index (χ3n) is 5.61. The van der Waals surface area contributed by atoms with Gasteiger partial charge >= 0.3 is 0 Å². The first-order valence-corrected chi connectivity index (χ1v) is 11.2. The van der Waals surface area contributed by atoms with Crippen molar-refractivity contribution in [2.45, 2.75) is 32.9 Å². The zero-order valence-electron chi connectivity index (χ0n) is 19.2. The van der Waals surface area contributed by atoms with Crippen LogP contribution >= 0.6 is 0 Å². The van der Waals surface area contributed by atoms with Gasteiger partial charge in [0, 0.05) is 0 Å². The molecule has 0 fully saturated rings. The van der Waals surface area contributed by atoms with Crippen molar-refractivity contribution in [3.8, 4) is 11.5 Å². The number of para-hydroxylation sites is 4. The summed E-state index contributed by atoms with van der Waals surface area (Å²) in [5.41, 5.74) is 3.59. The van der Waals surface area contributed by atoms with Crippen LogP contribution in [0.2, 0.25) is 0 Å². The second kappa shape index (κ2) is 10.2. The molecule has 4 rings (SSSR count). The molecule has 0 aliphatic carbocycles. The van der Waals surface area contributed by atoms with E-state index in [-0.39, 0.29) is 5.91 Å². The molecule has 0 saturated heterocycles. The van der Waals surface area contributed by atoms with Crippen molar-refractivity contribution in [2.24, 2.45) is 0 Å². The molecule has 0 aliphatic rings. The SMILES string of the molecule is COc1ccccc1C(=O)NCc1nc2ccccc2n1CCOc1ccccc1C(C)C. The van der Waals surface area contributed by atoms with Crippen LogP contribution < -0.4 is 14.8 Å². The molecule has 0 radical (unpaired) electrons. The molecule has 0 aliphatic heterocycles. The first-order chi connectivity index (χ1) is 16.1. The maximum atomic E-state index is 12.8. The number of fused-ring (bicyclic) bond motifs is 1. The number of methoxy groups -OCH3 is 1. The number of amides is 1. The normalized spacial score (nSPS) is 11.0. The van der Waals surface area contributed by atoms with E-state index in [4.69, 9.17) is 14.5 Å². The first-order valence-electron chi connectivity index (χ1n) is 11.2. The molecule has 1 heterocycles. The van der Waals surface area contributed by atoms with Crippen LogP contribution in [0.1, 0.15) is 41.5 Å². The molecule has 0 unspecified atom stereocenters. The predicted molar refractivity (Wildman–Crippen MR) is 130 cm³/mol. The average molecular weight is 444 g/mol. The molecule has 33 heavy (non-hydrogen) atoms. The third-order valence-corrected chi connectivity index (χ3v) is 5.61. The maximum absolute atomic E-state index is 12.8. The number of aromatic nitrogens is 2. The first kappa shape index (κ1) is 22.4. The minimum absolute atomic E-state index is 0.201. The summed E-state index contributed by atoms with van der Waals surface area (Å²) in [5.74, 6) is 2.41. The summed E-state index contributed by atoms with van der Waals surface area (Å²) in [7, 11) is 1.56. The fraction of sp³-hybridized carbons (Fsp3) is 0.259. The zero-order chi connectivity index (χ0) is 23.2. The summed E-state index contributed by atoms with van der Waals surface area (Å²) in [4.78, 5) is 17.5. The number of nitrogens with zero attached hydrogens (tertiary/aromatic N) is 2. The van der Waals surface area contributed by atoms with E-state index in [9.17, 15) is 4.79 Å². The van der Waals surface area contributed by atoms with Gasteiger partial charge in [-0.25, -0.2) is 4.98 Å². The van der Waals surface area contributed by atoms with Gasteiger partial charge in [-0.3, -0.25) is 4.79 Å². The highest BCUT2D eigenvalue weighted by Gasteiger charge is 2.15. The van der Waals surface area contributed by atoms with E-state index in [1.165, 1.54) is 5.56 Å². The van der Waals surface area contributed by atoms with Gasteiger partial charge in [0.25, 0.3) is 5.91 Å². The van der Waals surface area contributed by atoms with Crippen molar-refractivity contribution < 1.29 is 14.3 Å². The Kier molecular flexibility index (Phi) is 6.93. The highest BCUT2D eigenvalue weighted by Crippen LogP contribution is 2.26. The second-order valence-corrected chi connectivity index (χ2v) is 8.09. The van der Waals surface area contributed by atoms with Gasteiger partial charge in [-0.15, -0.1) is 0 Å². The molecule has 0 atom stereocenters. The summed E-state index contributed by atoms with van der Waals surface area (Å²) in [6.07, 6.45) is 0. The minimum atomic E-state index is -0.201. The van der Waals surface area contributed by atoms with Crippen molar-refractivity contribution in [3.05, 3.63) is 89.7 Å². The molecular formula is C27H29N3O3. The molecule has 0 spiro atoms. The van der Waals surface area contributed by atoms with Gasteiger partial charge in [-0.1, -0.05) is 56.3 Å². The maximum Gasteiger partial charge on any atom is 0.255 e. The lowest BCUT2D eigenvalue weighted by Gasteiger charge is -2.15. The number of ether oxygens (including phenoxy) is 2. The Morgan fingerprint density at radius 1 is 0.970 bits per heavy atom. The van der Waals surface area contributed by atoms with Gasteiger partial charge in [-0.2, -0.15) is 0 Å². The average Bonchev–Trinajstić information content (AvgIpc) is 3.20. The summed E-state index contributed by atoms with van der Waals surface area (Å²) < 4.78 is 13.6. The number of hydrogen-bond acceptors (Lipinski definition) is 4. The Labute approximate surface area is 194 Å². The van der Waals surface area contributed by atoms with E-state index < -0.39 is 0 Å².